The standard InChI is InChI=1S/C7H13N3O4/c1-5(11)8-2-3-9-7(14)10-4-6(12)13/h2-4H2,1H3,(H,8,11)(H,12,13)(H2,9,10,14). The second-order valence-corrected chi connectivity index (χ2v) is 2.49. The Bertz CT molecular complexity index is 229. The van der Waals surface area contributed by atoms with Gasteiger partial charge in [0.05, 0.1) is 0 Å². The van der Waals surface area contributed by atoms with Gasteiger partial charge in [0.2, 0.25) is 5.91 Å². The van der Waals surface area contributed by atoms with Crippen molar-refractivity contribution >= 4 is 17.9 Å². The molecule has 0 aromatic rings. The van der Waals surface area contributed by atoms with Crippen LogP contribution in [0.1, 0.15) is 6.92 Å². The van der Waals surface area contributed by atoms with Crippen LogP contribution in [-0.4, -0.2) is 42.6 Å². The molecule has 7 nitrogen and oxygen atoms in total. The first-order chi connectivity index (χ1) is 6.52. The summed E-state index contributed by atoms with van der Waals surface area (Å²) in [6, 6.07) is -0.572. The molecule has 0 aliphatic carbocycles. The molecule has 0 radical (unpaired) electrons. The Morgan fingerprint density at radius 2 is 1.64 bits per heavy atom. The third kappa shape index (κ3) is 8.31. The monoisotopic (exact) mass is 203 g/mol. The summed E-state index contributed by atoms with van der Waals surface area (Å²) in [4.78, 5) is 31.2. The van der Waals surface area contributed by atoms with Gasteiger partial charge in [-0.3, -0.25) is 9.59 Å². The molecule has 80 valence electrons. The fourth-order valence-electron chi connectivity index (χ4n) is 0.633. The molecule has 0 saturated heterocycles. The van der Waals surface area contributed by atoms with Gasteiger partial charge < -0.3 is 21.1 Å². The van der Waals surface area contributed by atoms with E-state index in [0.29, 0.717) is 6.54 Å². The highest BCUT2D eigenvalue weighted by molar-refractivity contribution is 5.79. The van der Waals surface area contributed by atoms with Crippen molar-refractivity contribution in [1.29, 1.82) is 0 Å². The van der Waals surface area contributed by atoms with Crippen LogP contribution in [0.3, 0.4) is 0 Å². The number of carboxylic acid groups (broad SMARTS) is 1. The second-order valence-electron chi connectivity index (χ2n) is 2.49. The highest BCUT2D eigenvalue weighted by atomic mass is 16.4. The number of aliphatic carboxylic acids is 1. The van der Waals surface area contributed by atoms with E-state index in [9.17, 15) is 14.4 Å². The number of amides is 3. The van der Waals surface area contributed by atoms with Crippen molar-refractivity contribution in [3.05, 3.63) is 0 Å². The van der Waals surface area contributed by atoms with Crippen molar-refractivity contribution in [2.75, 3.05) is 19.6 Å². The minimum absolute atomic E-state index is 0.183. The van der Waals surface area contributed by atoms with Crippen molar-refractivity contribution in [3.8, 4) is 0 Å². The molecule has 0 heterocycles. The molecule has 7 heteroatoms. The Morgan fingerprint density at radius 1 is 1.07 bits per heavy atom. The van der Waals surface area contributed by atoms with Crippen LogP contribution in [0.5, 0.6) is 0 Å². The molecule has 0 saturated carbocycles. The molecule has 0 aliphatic heterocycles. The van der Waals surface area contributed by atoms with Gasteiger partial charge in [-0.15, -0.1) is 0 Å². The zero-order valence-corrected chi connectivity index (χ0v) is 7.79. The Labute approximate surface area is 80.9 Å². The van der Waals surface area contributed by atoms with Gasteiger partial charge in [-0.05, 0) is 0 Å². The molecule has 0 unspecified atom stereocenters. The van der Waals surface area contributed by atoms with Gasteiger partial charge in [-0.1, -0.05) is 0 Å². The molecular formula is C7H13N3O4. The van der Waals surface area contributed by atoms with E-state index in [2.05, 4.69) is 16.0 Å². The molecule has 0 spiro atoms. The molecule has 0 aromatic heterocycles. The number of carbonyl (C=O) groups excluding carboxylic acids is 2. The average Bonchev–Trinajstić information content (AvgIpc) is 2.08. The molecule has 0 atom stereocenters. The summed E-state index contributed by atoms with van der Waals surface area (Å²) in [7, 11) is 0. The number of carboxylic acids is 1. The minimum Gasteiger partial charge on any atom is -0.480 e. The van der Waals surface area contributed by atoms with E-state index in [1.165, 1.54) is 6.92 Å². The van der Waals surface area contributed by atoms with E-state index in [1.54, 1.807) is 0 Å². The maximum atomic E-state index is 10.8. The van der Waals surface area contributed by atoms with E-state index in [4.69, 9.17) is 5.11 Å². The van der Waals surface area contributed by atoms with Crippen LogP contribution in [0.15, 0.2) is 0 Å². The molecule has 0 rings (SSSR count). The van der Waals surface area contributed by atoms with Gasteiger partial charge in [0.15, 0.2) is 0 Å². The van der Waals surface area contributed by atoms with Crippen molar-refractivity contribution in [2.24, 2.45) is 0 Å². The zero-order valence-electron chi connectivity index (χ0n) is 7.79. The fraction of sp³-hybridized carbons (Fsp3) is 0.571. The summed E-state index contributed by atoms with van der Waals surface area (Å²) < 4.78 is 0. The maximum Gasteiger partial charge on any atom is 0.323 e. The Balaban J connectivity index is 3.36. The molecule has 0 aromatic carbocycles. The molecule has 3 amide bonds. The van der Waals surface area contributed by atoms with E-state index >= 15 is 0 Å². The van der Waals surface area contributed by atoms with Gasteiger partial charge >= 0.3 is 12.0 Å². The summed E-state index contributed by atoms with van der Waals surface area (Å²) in [6.45, 7) is 1.51. The molecular weight excluding hydrogens is 190 g/mol. The van der Waals surface area contributed by atoms with Crippen molar-refractivity contribution in [1.82, 2.24) is 16.0 Å². The summed E-state index contributed by atoms with van der Waals surface area (Å²) >= 11 is 0. The summed E-state index contributed by atoms with van der Waals surface area (Å²) in [6.07, 6.45) is 0. The predicted molar refractivity (Wildman–Crippen MR) is 47.7 cm³/mol. The average molecular weight is 203 g/mol. The van der Waals surface area contributed by atoms with Crippen LogP contribution in [0.2, 0.25) is 0 Å². The number of hydrogen-bond acceptors (Lipinski definition) is 3. The summed E-state index contributed by atoms with van der Waals surface area (Å²) in [5, 5.41) is 15.1. The predicted octanol–water partition coefficient (Wildman–Crippen LogP) is -1.49. The van der Waals surface area contributed by atoms with Crippen molar-refractivity contribution in [3.63, 3.8) is 0 Å². The normalized spacial score (nSPS) is 8.93. The Hall–Kier alpha value is -1.79. The van der Waals surface area contributed by atoms with Gasteiger partial charge in [0.25, 0.3) is 0 Å². The first-order valence-electron chi connectivity index (χ1n) is 4.00. The number of rotatable bonds is 5. The third-order valence-electron chi connectivity index (χ3n) is 1.18. The molecule has 0 fully saturated rings. The summed E-state index contributed by atoms with van der Waals surface area (Å²) in [5.74, 6) is -1.29. The highest BCUT2D eigenvalue weighted by Crippen LogP contribution is 1.66. The first kappa shape index (κ1) is 12.2. The lowest BCUT2D eigenvalue weighted by atomic mass is 10.5. The smallest absolute Gasteiger partial charge is 0.323 e. The number of nitrogens with one attached hydrogen (secondary N) is 3. The number of hydrogen-bond donors (Lipinski definition) is 4. The lowest BCUT2D eigenvalue weighted by Gasteiger charge is -2.05. The second kappa shape index (κ2) is 6.70. The van der Waals surface area contributed by atoms with Crippen LogP contribution >= 0.6 is 0 Å². The van der Waals surface area contributed by atoms with E-state index in [-0.39, 0.29) is 12.5 Å². The quantitative estimate of drug-likeness (QED) is 0.408. The molecule has 0 bridgehead atoms. The topological polar surface area (TPSA) is 108 Å². The molecule has 14 heavy (non-hydrogen) atoms. The van der Waals surface area contributed by atoms with Gasteiger partial charge in [0, 0.05) is 20.0 Å². The Morgan fingerprint density at radius 3 is 2.14 bits per heavy atom. The first-order valence-corrected chi connectivity index (χ1v) is 4.00. The molecule has 4 N–H and O–H groups in total. The van der Waals surface area contributed by atoms with Crippen molar-refractivity contribution in [2.45, 2.75) is 6.92 Å². The lowest BCUT2D eigenvalue weighted by molar-refractivity contribution is -0.135. The highest BCUT2D eigenvalue weighted by Gasteiger charge is 2.01. The van der Waals surface area contributed by atoms with Crippen molar-refractivity contribution < 1.29 is 19.5 Å². The SMILES string of the molecule is CC(=O)NCCNC(=O)NCC(=O)O. The van der Waals surface area contributed by atoms with E-state index in [0.717, 1.165) is 0 Å². The fourth-order valence-corrected chi connectivity index (χ4v) is 0.633. The molecule has 0 aliphatic rings. The maximum absolute atomic E-state index is 10.8. The largest absolute Gasteiger partial charge is 0.480 e. The van der Waals surface area contributed by atoms with Crippen LogP contribution in [0.25, 0.3) is 0 Å². The van der Waals surface area contributed by atoms with Gasteiger partial charge in [0.1, 0.15) is 6.54 Å². The number of carbonyl (C=O) groups is 3. The lowest BCUT2D eigenvalue weighted by Crippen LogP contribution is -2.41. The van der Waals surface area contributed by atoms with E-state index < -0.39 is 18.5 Å². The van der Waals surface area contributed by atoms with Crippen LogP contribution in [-0.2, 0) is 9.59 Å². The summed E-state index contributed by atoms with van der Waals surface area (Å²) in [5.41, 5.74) is 0. The van der Waals surface area contributed by atoms with Crippen LogP contribution in [0, 0.1) is 0 Å². The van der Waals surface area contributed by atoms with E-state index in [1.807, 2.05) is 0 Å². The Kier molecular flexibility index (Phi) is 5.84. The number of urea groups is 1. The zero-order chi connectivity index (χ0) is 11.0. The third-order valence-corrected chi connectivity index (χ3v) is 1.18. The van der Waals surface area contributed by atoms with Crippen LogP contribution in [0.4, 0.5) is 4.79 Å². The van der Waals surface area contributed by atoms with Gasteiger partial charge in [-0.2, -0.15) is 0 Å². The van der Waals surface area contributed by atoms with Gasteiger partial charge in [-0.25, -0.2) is 4.79 Å². The van der Waals surface area contributed by atoms with Crippen LogP contribution < -0.4 is 16.0 Å². The minimum atomic E-state index is -1.11.